The van der Waals surface area contributed by atoms with E-state index in [1.165, 1.54) is 6.07 Å². The molecule has 0 saturated carbocycles. The van der Waals surface area contributed by atoms with Gasteiger partial charge in [0.1, 0.15) is 11.4 Å². The first-order valence-electron chi connectivity index (χ1n) is 5.98. The number of ether oxygens (including phenoxy) is 1. The molecule has 0 aromatic heterocycles. The van der Waals surface area contributed by atoms with Crippen molar-refractivity contribution >= 4 is 11.8 Å². The maximum atomic E-state index is 12.5. The number of anilines is 1. The second kappa shape index (κ2) is 5.80. The van der Waals surface area contributed by atoms with E-state index in [2.05, 4.69) is 5.32 Å². The molecule has 1 rings (SSSR count). The Balaban J connectivity index is 2.95. The van der Waals surface area contributed by atoms with E-state index in [-0.39, 0.29) is 5.69 Å². The topological polar surface area (TPSA) is 78.8 Å². The molecular weight excluding hydrogens is 291 g/mol. The van der Waals surface area contributed by atoms with Crippen LogP contribution in [0.25, 0.3) is 0 Å². The number of carbonyl (C=O) groups excluding carboxylic acids is 1. The maximum absolute atomic E-state index is 12.5. The molecule has 1 aromatic rings. The molecule has 21 heavy (non-hydrogen) atoms. The molecule has 0 aliphatic carbocycles. The molecule has 118 valence electrons. The van der Waals surface area contributed by atoms with Gasteiger partial charge in [-0.05, 0) is 39.0 Å². The number of nitrogens with one attached hydrogen (secondary N) is 1. The predicted molar refractivity (Wildman–Crippen MR) is 69.0 cm³/mol. The largest absolute Gasteiger partial charge is 0.508 e. The highest BCUT2D eigenvalue weighted by Gasteiger charge is 2.40. The Labute approximate surface area is 119 Å². The van der Waals surface area contributed by atoms with Gasteiger partial charge in [-0.25, -0.2) is 4.79 Å². The second-order valence-electron chi connectivity index (χ2n) is 5.34. The molecule has 1 atom stereocenters. The molecule has 1 aromatic carbocycles. The Morgan fingerprint density at radius 3 is 2.33 bits per heavy atom. The minimum absolute atomic E-state index is 0.0413. The smallest absolute Gasteiger partial charge is 0.418 e. The minimum atomic E-state index is -4.93. The van der Waals surface area contributed by atoms with Gasteiger partial charge in [-0.2, -0.15) is 13.2 Å². The van der Waals surface area contributed by atoms with Gasteiger partial charge in [-0.1, -0.05) is 0 Å². The van der Waals surface area contributed by atoms with Crippen LogP contribution in [0.2, 0.25) is 0 Å². The van der Waals surface area contributed by atoms with Crippen LogP contribution in [0.3, 0.4) is 0 Å². The summed E-state index contributed by atoms with van der Waals surface area (Å²) in [6, 6.07) is 2.96. The van der Waals surface area contributed by atoms with Crippen LogP contribution in [-0.4, -0.2) is 28.1 Å². The monoisotopic (exact) mass is 307 g/mol. The van der Waals surface area contributed by atoms with E-state index in [1.54, 1.807) is 20.8 Å². The first-order chi connectivity index (χ1) is 9.40. The number of hydrogen-bond donors (Lipinski definition) is 3. The molecule has 1 amide bonds. The highest BCUT2D eigenvalue weighted by molar-refractivity contribution is 5.85. The van der Waals surface area contributed by atoms with Crippen LogP contribution in [0.5, 0.6) is 5.75 Å². The molecule has 0 radical (unpaired) electrons. The number of aromatic hydroxyl groups is 1. The molecule has 0 fully saturated rings. The molecule has 1 unspecified atom stereocenters. The second-order valence-corrected chi connectivity index (χ2v) is 5.34. The highest BCUT2D eigenvalue weighted by atomic mass is 19.4. The number of rotatable bonds is 2. The van der Waals surface area contributed by atoms with E-state index < -0.39 is 35.3 Å². The summed E-state index contributed by atoms with van der Waals surface area (Å²) >= 11 is 0. The van der Waals surface area contributed by atoms with Crippen molar-refractivity contribution in [1.29, 1.82) is 0 Å². The summed E-state index contributed by atoms with van der Waals surface area (Å²) in [5, 5.41) is 20.8. The number of alkyl halides is 3. The third kappa shape index (κ3) is 5.14. The van der Waals surface area contributed by atoms with Crippen LogP contribution in [0.4, 0.5) is 23.7 Å². The Morgan fingerprint density at radius 1 is 1.29 bits per heavy atom. The Kier molecular flexibility index (Phi) is 4.72. The fourth-order valence-corrected chi connectivity index (χ4v) is 1.45. The van der Waals surface area contributed by atoms with Gasteiger partial charge in [-0.3, -0.25) is 5.32 Å². The van der Waals surface area contributed by atoms with E-state index in [4.69, 9.17) is 9.84 Å². The number of halogens is 3. The Morgan fingerprint density at radius 2 is 1.86 bits per heavy atom. The number of benzene rings is 1. The molecule has 0 heterocycles. The predicted octanol–water partition coefficient (Wildman–Crippen LogP) is 3.33. The summed E-state index contributed by atoms with van der Waals surface area (Å²) in [7, 11) is 0. The molecule has 8 heteroatoms. The first kappa shape index (κ1) is 17.1. The fraction of sp³-hybridized carbons (Fsp3) is 0.462. The van der Waals surface area contributed by atoms with Crippen molar-refractivity contribution in [3.63, 3.8) is 0 Å². The van der Waals surface area contributed by atoms with E-state index >= 15 is 0 Å². The van der Waals surface area contributed by atoms with E-state index in [1.807, 2.05) is 0 Å². The highest BCUT2D eigenvalue weighted by Crippen LogP contribution is 2.37. The molecular formula is C13H16F3NO4. The van der Waals surface area contributed by atoms with Gasteiger partial charge in [0.05, 0.1) is 0 Å². The van der Waals surface area contributed by atoms with Gasteiger partial charge in [-0.15, -0.1) is 0 Å². The molecule has 0 aliphatic heterocycles. The minimum Gasteiger partial charge on any atom is -0.508 e. The number of hydrogen-bond acceptors (Lipinski definition) is 4. The average molecular weight is 307 g/mol. The van der Waals surface area contributed by atoms with Gasteiger partial charge in [0.25, 0.3) is 0 Å². The van der Waals surface area contributed by atoms with E-state index in [9.17, 15) is 23.1 Å². The zero-order chi connectivity index (χ0) is 16.4. The molecule has 0 spiro atoms. The molecule has 3 N–H and O–H groups in total. The number of aliphatic hydroxyl groups excluding tert-OH is 1. The maximum Gasteiger partial charge on any atom is 0.418 e. The lowest BCUT2D eigenvalue weighted by Crippen LogP contribution is -2.27. The summed E-state index contributed by atoms with van der Waals surface area (Å²) < 4.78 is 42.3. The number of amides is 1. The third-order valence-electron chi connectivity index (χ3n) is 2.28. The lowest BCUT2D eigenvalue weighted by Gasteiger charge is -2.20. The summed E-state index contributed by atoms with van der Waals surface area (Å²) in [6.45, 7) is 4.88. The lowest BCUT2D eigenvalue weighted by atomic mass is 10.1. The SMILES string of the molecule is CC(C)(C)OC(=O)Nc1ccc(O)c(C(O)C(F)(F)F)c1. The number of carbonyl (C=O) groups is 1. The van der Waals surface area contributed by atoms with Gasteiger partial charge in [0, 0.05) is 11.3 Å². The van der Waals surface area contributed by atoms with Crippen LogP contribution in [0.1, 0.15) is 32.4 Å². The summed E-state index contributed by atoms with van der Waals surface area (Å²) in [6.07, 6.45) is -8.64. The fourth-order valence-electron chi connectivity index (χ4n) is 1.45. The van der Waals surface area contributed by atoms with Crippen molar-refractivity contribution in [2.75, 3.05) is 5.32 Å². The Bertz CT molecular complexity index is 523. The quantitative estimate of drug-likeness (QED) is 0.732. The molecule has 0 saturated heterocycles. The third-order valence-corrected chi connectivity index (χ3v) is 2.28. The lowest BCUT2D eigenvalue weighted by molar-refractivity contribution is -0.207. The van der Waals surface area contributed by atoms with Crippen molar-refractivity contribution in [2.45, 2.75) is 38.7 Å². The van der Waals surface area contributed by atoms with Crippen molar-refractivity contribution in [2.24, 2.45) is 0 Å². The number of phenols is 1. The van der Waals surface area contributed by atoms with Gasteiger partial charge >= 0.3 is 12.3 Å². The van der Waals surface area contributed by atoms with Crippen LogP contribution in [0.15, 0.2) is 18.2 Å². The van der Waals surface area contributed by atoms with Crippen molar-refractivity contribution in [1.82, 2.24) is 0 Å². The van der Waals surface area contributed by atoms with Crippen LogP contribution < -0.4 is 5.32 Å². The van der Waals surface area contributed by atoms with Crippen molar-refractivity contribution < 1.29 is 32.9 Å². The zero-order valence-electron chi connectivity index (χ0n) is 11.7. The summed E-state index contributed by atoms with van der Waals surface area (Å²) in [5.41, 5.74) is -1.56. The summed E-state index contributed by atoms with van der Waals surface area (Å²) in [5.74, 6) is -0.727. The molecule has 0 aliphatic rings. The molecule has 5 nitrogen and oxygen atoms in total. The zero-order valence-corrected chi connectivity index (χ0v) is 11.7. The van der Waals surface area contributed by atoms with Crippen molar-refractivity contribution in [3.05, 3.63) is 23.8 Å². The van der Waals surface area contributed by atoms with Gasteiger partial charge in [0.2, 0.25) is 0 Å². The van der Waals surface area contributed by atoms with Crippen LogP contribution >= 0.6 is 0 Å². The average Bonchev–Trinajstić information content (AvgIpc) is 2.27. The summed E-state index contributed by atoms with van der Waals surface area (Å²) in [4.78, 5) is 11.5. The first-order valence-corrected chi connectivity index (χ1v) is 5.98. The normalized spacial score (nSPS) is 13.7. The Hall–Kier alpha value is -1.96. The van der Waals surface area contributed by atoms with Crippen molar-refractivity contribution in [3.8, 4) is 5.75 Å². The standard InChI is InChI=1S/C13H16F3NO4/c1-12(2,3)21-11(20)17-7-4-5-9(18)8(6-7)10(19)13(14,15)16/h4-6,10,18-19H,1-3H3,(H,17,20). The van der Waals surface area contributed by atoms with E-state index in [0.717, 1.165) is 12.1 Å². The van der Waals surface area contributed by atoms with Gasteiger partial charge in [0.15, 0.2) is 6.10 Å². The van der Waals surface area contributed by atoms with E-state index in [0.29, 0.717) is 0 Å². The molecule has 0 bridgehead atoms. The van der Waals surface area contributed by atoms with Gasteiger partial charge < -0.3 is 14.9 Å². The number of aliphatic hydroxyl groups is 1. The number of phenolic OH excluding ortho intramolecular Hbond substituents is 1. The van der Waals surface area contributed by atoms with Crippen LogP contribution in [-0.2, 0) is 4.74 Å². The van der Waals surface area contributed by atoms with Crippen LogP contribution in [0, 0.1) is 0 Å².